The number of amides is 1. The molecule has 1 aliphatic carbocycles. The molecule has 1 saturated carbocycles. The lowest BCUT2D eigenvalue weighted by Gasteiger charge is -2.40. The predicted molar refractivity (Wildman–Crippen MR) is 71.9 cm³/mol. The van der Waals surface area contributed by atoms with E-state index in [4.69, 9.17) is 16.3 Å². The lowest BCUT2D eigenvalue weighted by atomic mass is 9.80. The van der Waals surface area contributed by atoms with Crippen molar-refractivity contribution in [3.05, 3.63) is 35.4 Å². The van der Waals surface area contributed by atoms with Gasteiger partial charge in [0.2, 0.25) is 0 Å². The molecule has 0 spiro atoms. The highest BCUT2D eigenvalue weighted by Gasteiger charge is 2.37. The van der Waals surface area contributed by atoms with Gasteiger partial charge in [0.1, 0.15) is 0 Å². The summed E-state index contributed by atoms with van der Waals surface area (Å²) in [7, 11) is 1.71. The molecule has 4 heteroatoms. The van der Waals surface area contributed by atoms with Crippen molar-refractivity contribution >= 4 is 17.5 Å². The zero-order valence-corrected chi connectivity index (χ0v) is 11.3. The van der Waals surface area contributed by atoms with E-state index in [2.05, 4.69) is 5.32 Å². The molecule has 0 heterocycles. The van der Waals surface area contributed by atoms with Crippen LogP contribution in [0.2, 0.25) is 0 Å². The zero-order chi connectivity index (χ0) is 13.0. The van der Waals surface area contributed by atoms with E-state index in [1.165, 1.54) is 6.42 Å². The van der Waals surface area contributed by atoms with Crippen LogP contribution < -0.4 is 5.32 Å². The van der Waals surface area contributed by atoms with Crippen molar-refractivity contribution in [3.63, 3.8) is 0 Å². The third kappa shape index (κ3) is 2.85. The van der Waals surface area contributed by atoms with Crippen LogP contribution in [-0.4, -0.2) is 25.2 Å². The van der Waals surface area contributed by atoms with Crippen molar-refractivity contribution in [2.75, 3.05) is 13.7 Å². The summed E-state index contributed by atoms with van der Waals surface area (Å²) in [5.74, 6) is 0.411. The van der Waals surface area contributed by atoms with E-state index >= 15 is 0 Å². The Morgan fingerprint density at radius 1 is 1.39 bits per heavy atom. The van der Waals surface area contributed by atoms with Gasteiger partial charge in [-0.15, -0.1) is 11.6 Å². The topological polar surface area (TPSA) is 38.3 Å². The first-order valence-electron chi connectivity index (χ1n) is 6.17. The van der Waals surface area contributed by atoms with E-state index in [9.17, 15) is 4.79 Å². The number of methoxy groups -OCH3 is 1. The van der Waals surface area contributed by atoms with E-state index in [0.717, 1.165) is 18.4 Å². The zero-order valence-electron chi connectivity index (χ0n) is 10.5. The average Bonchev–Trinajstić information content (AvgIpc) is 2.38. The largest absolute Gasteiger partial charge is 0.376 e. The van der Waals surface area contributed by atoms with Crippen molar-refractivity contribution in [1.29, 1.82) is 0 Å². The number of hydrogen-bond donors (Lipinski definition) is 1. The Hall–Kier alpha value is -1.06. The number of carbonyl (C=O) groups is 1. The Bertz CT molecular complexity index is 407. The van der Waals surface area contributed by atoms with E-state index in [1.54, 1.807) is 19.2 Å². The third-order valence-electron chi connectivity index (χ3n) is 3.64. The average molecular weight is 268 g/mol. The molecular formula is C14H18ClNO2. The molecule has 0 saturated heterocycles. The van der Waals surface area contributed by atoms with Crippen LogP contribution in [0.5, 0.6) is 0 Å². The molecule has 3 nitrogen and oxygen atoms in total. The number of rotatable bonds is 5. The maximum absolute atomic E-state index is 11.9. The lowest BCUT2D eigenvalue weighted by Crippen LogP contribution is -2.49. The Morgan fingerprint density at radius 2 is 2.06 bits per heavy atom. The fourth-order valence-electron chi connectivity index (χ4n) is 2.11. The van der Waals surface area contributed by atoms with Crippen LogP contribution in [0.25, 0.3) is 0 Å². The summed E-state index contributed by atoms with van der Waals surface area (Å²) >= 11 is 5.71. The fraction of sp³-hybridized carbons (Fsp3) is 0.500. The predicted octanol–water partition coefficient (Wildman–Crippen LogP) is 2.72. The monoisotopic (exact) mass is 267 g/mol. The Labute approximate surface area is 112 Å². The smallest absolute Gasteiger partial charge is 0.251 e. The molecule has 18 heavy (non-hydrogen) atoms. The summed E-state index contributed by atoms with van der Waals surface area (Å²) in [4.78, 5) is 11.9. The van der Waals surface area contributed by atoms with Crippen LogP contribution in [-0.2, 0) is 10.6 Å². The first-order chi connectivity index (χ1) is 8.69. The number of halogens is 1. The van der Waals surface area contributed by atoms with E-state index in [-0.39, 0.29) is 11.5 Å². The maximum Gasteiger partial charge on any atom is 0.251 e. The molecule has 2 rings (SSSR count). The molecule has 1 N–H and O–H groups in total. The summed E-state index contributed by atoms with van der Waals surface area (Å²) in [6, 6.07) is 7.34. The van der Waals surface area contributed by atoms with Crippen LogP contribution in [0, 0.1) is 0 Å². The number of hydrogen-bond acceptors (Lipinski definition) is 2. The molecule has 1 fully saturated rings. The molecule has 1 aliphatic rings. The summed E-state index contributed by atoms with van der Waals surface area (Å²) in [5.41, 5.74) is 1.54. The number of nitrogens with one attached hydrogen (secondary N) is 1. The van der Waals surface area contributed by atoms with Crippen molar-refractivity contribution < 1.29 is 9.53 Å². The Kier molecular flexibility index (Phi) is 4.25. The van der Waals surface area contributed by atoms with Crippen LogP contribution in [0.15, 0.2) is 24.3 Å². The number of carbonyl (C=O) groups excluding carboxylic acids is 1. The molecule has 0 radical (unpaired) electrons. The molecule has 0 unspecified atom stereocenters. The van der Waals surface area contributed by atoms with Crippen molar-refractivity contribution in [2.45, 2.75) is 30.7 Å². The summed E-state index contributed by atoms with van der Waals surface area (Å²) in [6.45, 7) is 0.583. The molecular weight excluding hydrogens is 250 g/mol. The van der Waals surface area contributed by atoms with Gasteiger partial charge < -0.3 is 10.1 Å². The minimum atomic E-state index is -0.133. The fourth-order valence-corrected chi connectivity index (χ4v) is 2.29. The highest BCUT2D eigenvalue weighted by atomic mass is 35.5. The normalized spacial score (nSPS) is 17.0. The number of benzene rings is 1. The Morgan fingerprint density at radius 3 is 2.50 bits per heavy atom. The second-order valence-corrected chi connectivity index (χ2v) is 5.02. The SMILES string of the molecule is COC1(CNC(=O)c2ccc(CCl)cc2)CCC1. The molecule has 0 atom stereocenters. The van der Waals surface area contributed by atoms with Crippen molar-refractivity contribution in [2.24, 2.45) is 0 Å². The van der Waals surface area contributed by atoms with E-state index < -0.39 is 0 Å². The first kappa shape index (κ1) is 13.4. The molecule has 1 aromatic rings. The van der Waals surface area contributed by atoms with Gasteiger partial charge in [-0.1, -0.05) is 12.1 Å². The van der Waals surface area contributed by atoms with Crippen LogP contribution in [0.4, 0.5) is 0 Å². The number of alkyl halides is 1. The first-order valence-corrected chi connectivity index (χ1v) is 6.71. The van der Waals surface area contributed by atoms with E-state index in [1.807, 2.05) is 12.1 Å². The highest BCUT2D eigenvalue weighted by molar-refractivity contribution is 6.17. The van der Waals surface area contributed by atoms with Gasteiger partial charge in [-0.05, 0) is 37.0 Å². The molecule has 1 amide bonds. The minimum Gasteiger partial charge on any atom is -0.376 e. The standard InChI is InChI=1S/C14H18ClNO2/c1-18-14(7-2-8-14)10-16-13(17)12-5-3-11(9-15)4-6-12/h3-6H,2,7-10H2,1H3,(H,16,17). The third-order valence-corrected chi connectivity index (χ3v) is 3.95. The van der Waals surface area contributed by atoms with Gasteiger partial charge in [-0.25, -0.2) is 0 Å². The molecule has 0 bridgehead atoms. The van der Waals surface area contributed by atoms with Gasteiger partial charge in [-0.2, -0.15) is 0 Å². The highest BCUT2D eigenvalue weighted by Crippen LogP contribution is 2.34. The minimum absolute atomic E-state index is 0.0561. The van der Waals surface area contributed by atoms with Crippen LogP contribution >= 0.6 is 11.6 Å². The molecule has 1 aromatic carbocycles. The Balaban J connectivity index is 1.90. The quantitative estimate of drug-likeness (QED) is 0.833. The summed E-state index contributed by atoms with van der Waals surface area (Å²) in [6.07, 6.45) is 3.22. The summed E-state index contributed by atoms with van der Waals surface area (Å²) < 4.78 is 5.46. The van der Waals surface area contributed by atoms with Gasteiger partial charge in [0.05, 0.1) is 5.60 Å². The van der Waals surface area contributed by atoms with E-state index in [0.29, 0.717) is 18.0 Å². The van der Waals surface area contributed by atoms with Crippen molar-refractivity contribution in [3.8, 4) is 0 Å². The lowest BCUT2D eigenvalue weighted by molar-refractivity contribution is -0.0679. The van der Waals surface area contributed by atoms with Gasteiger partial charge in [-0.3, -0.25) is 4.79 Å². The second kappa shape index (κ2) is 5.72. The van der Waals surface area contributed by atoms with Crippen molar-refractivity contribution in [1.82, 2.24) is 5.32 Å². The maximum atomic E-state index is 11.9. The van der Waals surface area contributed by atoms with Gasteiger partial charge in [0.25, 0.3) is 5.91 Å². The second-order valence-electron chi connectivity index (χ2n) is 4.75. The molecule has 0 aliphatic heterocycles. The molecule has 0 aromatic heterocycles. The van der Waals surface area contributed by atoms with Crippen LogP contribution in [0.1, 0.15) is 35.2 Å². The molecule has 98 valence electrons. The van der Waals surface area contributed by atoms with Gasteiger partial charge in [0, 0.05) is 25.1 Å². The van der Waals surface area contributed by atoms with Gasteiger partial charge in [0.15, 0.2) is 0 Å². The van der Waals surface area contributed by atoms with Gasteiger partial charge >= 0.3 is 0 Å². The summed E-state index contributed by atoms with van der Waals surface area (Å²) in [5, 5.41) is 2.93. The van der Waals surface area contributed by atoms with Crippen LogP contribution in [0.3, 0.4) is 0 Å². The number of ether oxygens (including phenoxy) is 1.